The number of ether oxygens (including phenoxy) is 2. The normalized spacial score (nSPS) is 11.8. The Labute approximate surface area is 161 Å². The predicted octanol–water partition coefficient (Wildman–Crippen LogP) is 3.23. The van der Waals surface area contributed by atoms with Crippen molar-refractivity contribution in [1.29, 1.82) is 0 Å². The molecule has 28 heavy (non-hydrogen) atoms. The Bertz CT molecular complexity index is 972. The number of hydrogen-bond acceptors (Lipinski definition) is 7. The predicted molar refractivity (Wildman–Crippen MR) is 103 cm³/mol. The first-order valence-electron chi connectivity index (χ1n) is 8.86. The minimum Gasteiger partial charge on any atom is -0.490 e. The summed E-state index contributed by atoms with van der Waals surface area (Å²) < 4.78 is 11.2. The third kappa shape index (κ3) is 3.94. The third-order valence-corrected chi connectivity index (χ3v) is 4.07. The summed E-state index contributed by atoms with van der Waals surface area (Å²) in [6.07, 6.45) is 0. The number of aromatic amines is 1. The van der Waals surface area contributed by atoms with Crippen LogP contribution in [-0.4, -0.2) is 33.3 Å². The molecule has 0 aliphatic rings. The van der Waals surface area contributed by atoms with E-state index in [0.717, 1.165) is 5.56 Å². The molecule has 0 bridgehead atoms. The number of benzene rings is 2. The molecule has 3 rings (SSSR count). The molecule has 0 saturated heterocycles. The van der Waals surface area contributed by atoms with E-state index in [2.05, 4.69) is 15.2 Å². The number of para-hydroxylation sites is 1. The van der Waals surface area contributed by atoms with Crippen LogP contribution in [0.25, 0.3) is 11.4 Å². The van der Waals surface area contributed by atoms with Crippen LogP contribution in [0.3, 0.4) is 0 Å². The Hall–Kier alpha value is -3.46. The fourth-order valence-corrected chi connectivity index (χ4v) is 2.77. The summed E-state index contributed by atoms with van der Waals surface area (Å²) in [4.78, 5) is 15.1. The Morgan fingerprint density at radius 2 is 1.86 bits per heavy atom. The van der Waals surface area contributed by atoms with E-state index in [1.165, 1.54) is 6.07 Å². The van der Waals surface area contributed by atoms with Crippen molar-refractivity contribution in [3.8, 4) is 22.9 Å². The second kappa shape index (κ2) is 8.49. The van der Waals surface area contributed by atoms with Crippen LogP contribution in [0.2, 0.25) is 0 Å². The Morgan fingerprint density at radius 3 is 2.57 bits per heavy atom. The number of nitro benzene ring substituents is 1. The van der Waals surface area contributed by atoms with Crippen LogP contribution in [0, 0.1) is 10.1 Å². The zero-order chi connectivity index (χ0) is 20.1. The van der Waals surface area contributed by atoms with E-state index in [9.17, 15) is 10.1 Å². The fraction of sp³-hybridized carbons (Fsp3) is 0.263. The SMILES string of the molecule is CCOc1ccc([C@H](N)c2nc(-c3ccccc3[N+](=O)[O-])n[nH]2)cc1OCC. The van der Waals surface area contributed by atoms with Gasteiger partial charge in [-0.2, -0.15) is 5.10 Å². The van der Waals surface area contributed by atoms with Crippen molar-refractivity contribution in [3.05, 3.63) is 64.0 Å². The lowest BCUT2D eigenvalue weighted by atomic mass is 10.1. The quantitative estimate of drug-likeness (QED) is 0.451. The minimum absolute atomic E-state index is 0.0682. The molecule has 0 radical (unpaired) electrons. The van der Waals surface area contributed by atoms with E-state index in [1.807, 2.05) is 19.9 Å². The standard InChI is InChI=1S/C19H21N5O4/c1-3-27-15-10-9-12(11-16(15)28-4-2)17(20)19-21-18(22-23-19)13-7-5-6-8-14(13)24(25)26/h5-11,17H,3-4,20H2,1-2H3,(H,21,22,23)/t17-/m0/s1. The molecular formula is C19H21N5O4. The Balaban J connectivity index is 1.92. The first kappa shape index (κ1) is 19.3. The maximum Gasteiger partial charge on any atom is 0.280 e. The average Bonchev–Trinajstić information content (AvgIpc) is 3.19. The molecule has 9 heteroatoms. The highest BCUT2D eigenvalue weighted by molar-refractivity contribution is 5.67. The summed E-state index contributed by atoms with van der Waals surface area (Å²) in [5, 5.41) is 18.1. The van der Waals surface area contributed by atoms with Crippen LogP contribution in [0.1, 0.15) is 31.3 Å². The van der Waals surface area contributed by atoms with Gasteiger partial charge in [-0.25, -0.2) is 4.98 Å². The second-order valence-electron chi connectivity index (χ2n) is 5.87. The Kier molecular flexibility index (Phi) is 5.85. The zero-order valence-electron chi connectivity index (χ0n) is 15.6. The van der Waals surface area contributed by atoms with Crippen LogP contribution >= 0.6 is 0 Å². The summed E-state index contributed by atoms with van der Waals surface area (Å²) >= 11 is 0. The van der Waals surface area contributed by atoms with E-state index in [1.54, 1.807) is 30.3 Å². The number of nitrogens with two attached hydrogens (primary N) is 1. The summed E-state index contributed by atoms with van der Waals surface area (Å²) in [5.74, 6) is 1.84. The molecule has 146 valence electrons. The molecule has 1 atom stereocenters. The highest BCUT2D eigenvalue weighted by Gasteiger charge is 2.21. The number of nitrogens with one attached hydrogen (secondary N) is 1. The molecule has 0 amide bonds. The van der Waals surface area contributed by atoms with Gasteiger partial charge in [-0.15, -0.1) is 0 Å². The van der Waals surface area contributed by atoms with Gasteiger partial charge >= 0.3 is 0 Å². The van der Waals surface area contributed by atoms with Gasteiger partial charge in [0.15, 0.2) is 17.3 Å². The van der Waals surface area contributed by atoms with Crippen molar-refractivity contribution in [1.82, 2.24) is 15.2 Å². The van der Waals surface area contributed by atoms with Gasteiger partial charge < -0.3 is 15.2 Å². The summed E-state index contributed by atoms with van der Waals surface area (Å²) in [6.45, 7) is 4.79. The van der Waals surface area contributed by atoms with E-state index in [4.69, 9.17) is 15.2 Å². The first-order chi connectivity index (χ1) is 13.5. The third-order valence-electron chi connectivity index (χ3n) is 4.07. The van der Waals surface area contributed by atoms with Gasteiger partial charge in [-0.05, 0) is 37.6 Å². The molecule has 0 saturated carbocycles. The van der Waals surface area contributed by atoms with Crippen LogP contribution in [0.5, 0.6) is 11.5 Å². The van der Waals surface area contributed by atoms with Crippen LogP contribution < -0.4 is 15.2 Å². The maximum atomic E-state index is 11.2. The molecule has 9 nitrogen and oxygen atoms in total. The van der Waals surface area contributed by atoms with Gasteiger partial charge in [0, 0.05) is 6.07 Å². The summed E-state index contributed by atoms with van der Waals surface area (Å²) in [7, 11) is 0. The van der Waals surface area contributed by atoms with E-state index in [0.29, 0.717) is 36.1 Å². The van der Waals surface area contributed by atoms with Gasteiger partial charge in [0.05, 0.1) is 29.7 Å². The largest absolute Gasteiger partial charge is 0.490 e. The molecule has 2 aromatic carbocycles. The summed E-state index contributed by atoms with van der Waals surface area (Å²) in [6, 6.07) is 11.1. The molecule has 0 aliphatic heterocycles. The minimum atomic E-state index is -0.612. The fourth-order valence-electron chi connectivity index (χ4n) is 2.77. The zero-order valence-corrected chi connectivity index (χ0v) is 15.6. The smallest absolute Gasteiger partial charge is 0.280 e. The Morgan fingerprint density at radius 1 is 1.14 bits per heavy atom. The molecule has 3 aromatic rings. The number of H-pyrrole nitrogens is 1. The van der Waals surface area contributed by atoms with Crippen molar-refractivity contribution in [2.45, 2.75) is 19.9 Å². The van der Waals surface area contributed by atoms with Gasteiger partial charge in [0.2, 0.25) is 0 Å². The second-order valence-corrected chi connectivity index (χ2v) is 5.87. The number of aromatic nitrogens is 3. The molecule has 0 unspecified atom stereocenters. The average molecular weight is 383 g/mol. The monoisotopic (exact) mass is 383 g/mol. The van der Waals surface area contributed by atoms with Crippen molar-refractivity contribution < 1.29 is 14.4 Å². The number of hydrogen-bond donors (Lipinski definition) is 2. The number of rotatable bonds is 8. The van der Waals surface area contributed by atoms with E-state index < -0.39 is 11.0 Å². The number of nitro groups is 1. The van der Waals surface area contributed by atoms with E-state index >= 15 is 0 Å². The van der Waals surface area contributed by atoms with Crippen LogP contribution in [0.4, 0.5) is 5.69 Å². The first-order valence-corrected chi connectivity index (χ1v) is 8.86. The molecule has 0 spiro atoms. The van der Waals surface area contributed by atoms with Gasteiger partial charge in [0.1, 0.15) is 5.82 Å². The van der Waals surface area contributed by atoms with Gasteiger partial charge in [-0.1, -0.05) is 18.2 Å². The topological polar surface area (TPSA) is 129 Å². The lowest BCUT2D eigenvalue weighted by Crippen LogP contribution is -2.14. The molecule has 0 fully saturated rings. The van der Waals surface area contributed by atoms with Crippen LogP contribution in [-0.2, 0) is 0 Å². The van der Waals surface area contributed by atoms with Crippen molar-refractivity contribution in [2.75, 3.05) is 13.2 Å². The number of nitrogens with zero attached hydrogens (tertiary/aromatic N) is 3. The molecule has 3 N–H and O–H groups in total. The lowest BCUT2D eigenvalue weighted by Gasteiger charge is -2.14. The lowest BCUT2D eigenvalue weighted by molar-refractivity contribution is -0.384. The highest BCUT2D eigenvalue weighted by Crippen LogP contribution is 2.32. The molecule has 1 heterocycles. The maximum absolute atomic E-state index is 11.2. The van der Waals surface area contributed by atoms with Crippen LogP contribution in [0.15, 0.2) is 42.5 Å². The van der Waals surface area contributed by atoms with Crippen molar-refractivity contribution >= 4 is 5.69 Å². The van der Waals surface area contributed by atoms with E-state index in [-0.39, 0.29) is 11.5 Å². The van der Waals surface area contributed by atoms with Gasteiger partial charge in [0.25, 0.3) is 5.69 Å². The highest BCUT2D eigenvalue weighted by atomic mass is 16.6. The van der Waals surface area contributed by atoms with Gasteiger partial charge in [-0.3, -0.25) is 15.2 Å². The molecular weight excluding hydrogens is 362 g/mol. The summed E-state index contributed by atoms with van der Waals surface area (Å²) in [5.41, 5.74) is 7.33. The molecule has 1 aromatic heterocycles. The molecule has 0 aliphatic carbocycles. The van der Waals surface area contributed by atoms with Crippen molar-refractivity contribution in [2.24, 2.45) is 5.73 Å². The van der Waals surface area contributed by atoms with Crippen molar-refractivity contribution in [3.63, 3.8) is 0 Å².